The number of nitro groups is 1. The highest BCUT2D eigenvalue weighted by molar-refractivity contribution is 5.95. The number of aliphatic hydroxyl groups is 1. The molecule has 2 N–H and O–H groups in total. The van der Waals surface area contributed by atoms with Crippen LogP contribution in [0.1, 0.15) is 29.6 Å². The Labute approximate surface area is 118 Å². The molecule has 2 unspecified atom stereocenters. The number of hydrogen-bond donors (Lipinski definition) is 2. The minimum Gasteiger partial charge on any atom is -0.396 e. The summed E-state index contributed by atoms with van der Waals surface area (Å²) in [6.07, 6.45) is 2.21. The molecule has 21 heavy (non-hydrogen) atoms. The zero-order chi connectivity index (χ0) is 15.6. The molecule has 6 nitrogen and oxygen atoms in total. The molecule has 2 rings (SSSR count). The van der Waals surface area contributed by atoms with Crippen LogP contribution >= 0.6 is 0 Å². The first-order chi connectivity index (χ1) is 9.93. The van der Waals surface area contributed by atoms with E-state index in [-0.39, 0.29) is 18.6 Å². The molecule has 0 heterocycles. The fourth-order valence-electron chi connectivity index (χ4n) is 2.54. The Morgan fingerprint density at radius 3 is 2.71 bits per heavy atom. The highest BCUT2D eigenvalue weighted by Gasteiger charge is 2.30. The van der Waals surface area contributed by atoms with Crippen LogP contribution < -0.4 is 5.32 Å². The second-order valence-electron chi connectivity index (χ2n) is 4.99. The highest BCUT2D eigenvalue weighted by atomic mass is 19.1. The monoisotopic (exact) mass is 300 g/mol. The number of carbonyl (C=O) groups is 1. The average molecular weight is 300 g/mol. The van der Waals surface area contributed by atoms with Gasteiger partial charge in [0.25, 0.3) is 5.91 Å². The number of benzene rings is 1. The molecule has 0 radical (unpaired) electrons. The molecule has 114 valence electrons. The lowest BCUT2D eigenvalue weighted by Crippen LogP contribution is -2.38. The first-order valence-corrected chi connectivity index (χ1v) is 6.49. The van der Waals surface area contributed by atoms with E-state index in [2.05, 4.69) is 5.32 Å². The van der Waals surface area contributed by atoms with Gasteiger partial charge < -0.3 is 10.4 Å². The molecule has 2 atom stereocenters. The molecule has 1 aromatic rings. The second-order valence-corrected chi connectivity index (χ2v) is 4.99. The van der Waals surface area contributed by atoms with Gasteiger partial charge >= 0.3 is 5.69 Å². The maximum atomic E-state index is 13.6. The highest BCUT2D eigenvalue weighted by Crippen LogP contribution is 2.26. The Morgan fingerprint density at radius 2 is 2.10 bits per heavy atom. The Morgan fingerprint density at radius 1 is 1.38 bits per heavy atom. The van der Waals surface area contributed by atoms with Gasteiger partial charge in [0.15, 0.2) is 0 Å². The molecular formula is C13H14F2N2O4. The summed E-state index contributed by atoms with van der Waals surface area (Å²) in [5.74, 6) is -3.45. The van der Waals surface area contributed by atoms with E-state index in [1.807, 2.05) is 0 Å². The summed E-state index contributed by atoms with van der Waals surface area (Å²) >= 11 is 0. The van der Waals surface area contributed by atoms with Crippen LogP contribution in [0.2, 0.25) is 0 Å². The molecule has 1 aromatic carbocycles. The first kappa shape index (κ1) is 15.3. The number of nitro benzene ring substituents is 1. The summed E-state index contributed by atoms with van der Waals surface area (Å²) in [6.45, 7) is -0.100. The summed E-state index contributed by atoms with van der Waals surface area (Å²) in [5, 5.41) is 22.3. The third kappa shape index (κ3) is 3.15. The summed E-state index contributed by atoms with van der Waals surface area (Å²) in [5.41, 5.74) is -1.53. The summed E-state index contributed by atoms with van der Waals surface area (Å²) in [6, 6.07) is 0.597. The van der Waals surface area contributed by atoms with Gasteiger partial charge in [-0.2, -0.15) is 4.39 Å². The van der Waals surface area contributed by atoms with E-state index in [9.17, 15) is 23.7 Å². The van der Waals surface area contributed by atoms with Crippen LogP contribution in [0.15, 0.2) is 12.1 Å². The van der Waals surface area contributed by atoms with Crippen LogP contribution in [0.5, 0.6) is 0 Å². The normalized spacial score (nSPS) is 21.3. The standard InChI is InChI=1S/C13H14F2N2O4/c14-9-5-10(15)12(17(20)21)4-8(9)13(19)16-11-3-1-2-7(11)6-18/h4-5,7,11,18H,1-3,6H2,(H,16,19). The topological polar surface area (TPSA) is 92.5 Å². The minimum absolute atomic E-state index is 0.100. The van der Waals surface area contributed by atoms with Crippen LogP contribution in [-0.4, -0.2) is 28.6 Å². The maximum absolute atomic E-state index is 13.6. The molecule has 1 fully saturated rings. The quantitative estimate of drug-likeness (QED) is 0.654. The van der Waals surface area contributed by atoms with Gasteiger partial charge in [-0.15, -0.1) is 0 Å². The van der Waals surface area contributed by atoms with Gasteiger partial charge in [-0.05, 0) is 12.8 Å². The van der Waals surface area contributed by atoms with Crippen LogP contribution in [0.3, 0.4) is 0 Å². The Balaban J connectivity index is 2.23. The Kier molecular flexibility index (Phi) is 4.46. The molecular weight excluding hydrogens is 286 g/mol. The van der Waals surface area contributed by atoms with E-state index >= 15 is 0 Å². The average Bonchev–Trinajstić information content (AvgIpc) is 2.85. The molecule has 1 aliphatic carbocycles. The zero-order valence-corrected chi connectivity index (χ0v) is 11.0. The van der Waals surface area contributed by atoms with E-state index in [4.69, 9.17) is 5.11 Å². The van der Waals surface area contributed by atoms with Gasteiger partial charge in [-0.3, -0.25) is 14.9 Å². The largest absolute Gasteiger partial charge is 0.396 e. The Hall–Kier alpha value is -2.09. The molecule has 1 aliphatic rings. The number of hydrogen-bond acceptors (Lipinski definition) is 4. The van der Waals surface area contributed by atoms with Gasteiger partial charge in [-0.1, -0.05) is 6.42 Å². The Bertz CT molecular complexity index is 580. The van der Waals surface area contributed by atoms with E-state index < -0.39 is 33.7 Å². The predicted octanol–water partition coefficient (Wildman–Crippen LogP) is 1.76. The van der Waals surface area contributed by atoms with Crippen molar-refractivity contribution in [1.29, 1.82) is 0 Å². The lowest BCUT2D eigenvalue weighted by molar-refractivity contribution is -0.387. The minimum atomic E-state index is -1.33. The lowest BCUT2D eigenvalue weighted by Gasteiger charge is -2.19. The number of carbonyl (C=O) groups excluding carboxylic acids is 1. The number of halogens is 2. The van der Waals surface area contributed by atoms with Crippen molar-refractivity contribution in [3.8, 4) is 0 Å². The van der Waals surface area contributed by atoms with Crippen LogP contribution in [0.4, 0.5) is 14.5 Å². The van der Waals surface area contributed by atoms with Crippen LogP contribution in [0, 0.1) is 27.7 Å². The summed E-state index contributed by atoms with van der Waals surface area (Å²) < 4.78 is 26.8. The molecule has 0 saturated heterocycles. The number of nitrogens with zero attached hydrogens (tertiary/aromatic N) is 1. The number of nitrogens with one attached hydrogen (secondary N) is 1. The molecule has 8 heteroatoms. The number of aliphatic hydroxyl groups excluding tert-OH is 1. The van der Waals surface area contributed by atoms with Gasteiger partial charge in [0.1, 0.15) is 5.82 Å². The third-order valence-corrected chi connectivity index (χ3v) is 3.69. The van der Waals surface area contributed by atoms with Gasteiger partial charge in [0.2, 0.25) is 5.82 Å². The summed E-state index contributed by atoms with van der Waals surface area (Å²) in [4.78, 5) is 21.6. The van der Waals surface area contributed by atoms with Gasteiger partial charge in [0, 0.05) is 30.7 Å². The van der Waals surface area contributed by atoms with E-state index in [1.54, 1.807) is 0 Å². The molecule has 0 spiro atoms. The predicted molar refractivity (Wildman–Crippen MR) is 68.7 cm³/mol. The van der Waals surface area contributed by atoms with Crippen molar-refractivity contribution < 1.29 is 23.6 Å². The van der Waals surface area contributed by atoms with Gasteiger partial charge in [-0.25, -0.2) is 4.39 Å². The molecule has 0 aromatic heterocycles. The molecule has 1 saturated carbocycles. The fraction of sp³-hybridized carbons (Fsp3) is 0.462. The van der Waals surface area contributed by atoms with Crippen molar-refractivity contribution in [2.24, 2.45) is 5.92 Å². The second kappa shape index (κ2) is 6.13. The third-order valence-electron chi connectivity index (χ3n) is 3.69. The van der Waals surface area contributed by atoms with E-state index in [0.717, 1.165) is 12.8 Å². The maximum Gasteiger partial charge on any atom is 0.305 e. The fourth-order valence-corrected chi connectivity index (χ4v) is 2.54. The van der Waals surface area contributed by atoms with Crippen molar-refractivity contribution in [3.63, 3.8) is 0 Å². The van der Waals surface area contributed by atoms with Crippen molar-refractivity contribution >= 4 is 11.6 Å². The lowest BCUT2D eigenvalue weighted by atomic mass is 10.0. The molecule has 0 bridgehead atoms. The molecule has 1 amide bonds. The van der Waals surface area contributed by atoms with E-state index in [0.29, 0.717) is 18.6 Å². The zero-order valence-electron chi connectivity index (χ0n) is 11.0. The van der Waals surface area contributed by atoms with Crippen molar-refractivity contribution in [1.82, 2.24) is 5.32 Å². The smallest absolute Gasteiger partial charge is 0.305 e. The summed E-state index contributed by atoms with van der Waals surface area (Å²) in [7, 11) is 0. The van der Waals surface area contributed by atoms with Crippen molar-refractivity contribution in [3.05, 3.63) is 39.4 Å². The SMILES string of the molecule is O=C(NC1CCCC1CO)c1cc([N+](=O)[O-])c(F)cc1F. The van der Waals surface area contributed by atoms with Crippen molar-refractivity contribution in [2.75, 3.05) is 6.61 Å². The van der Waals surface area contributed by atoms with Crippen molar-refractivity contribution in [2.45, 2.75) is 25.3 Å². The van der Waals surface area contributed by atoms with Crippen LogP contribution in [-0.2, 0) is 0 Å². The number of amides is 1. The van der Waals surface area contributed by atoms with E-state index in [1.165, 1.54) is 0 Å². The first-order valence-electron chi connectivity index (χ1n) is 6.49. The van der Waals surface area contributed by atoms with Gasteiger partial charge in [0.05, 0.1) is 10.5 Å². The van der Waals surface area contributed by atoms with Crippen LogP contribution in [0.25, 0.3) is 0 Å². The molecule has 0 aliphatic heterocycles. The number of rotatable bonds is 4.